The molecule has 0 saturated heterocycles. The number of hydrogen-bond acceptors (Lipinski definition) is 9. The van der Waals surface area contributed by atoms with Crippen molar-refractivity contribution >= 4 is 35.8 Å². The van der Waals surface area contributed by atoms with Crippen molar-refractivity contribution in [2.24, 2.45) is 0 Å². The lowest BCUT2D eigenvalue weighted by Crippen LogP contribution is -2.16. The lowest BCUT2D eigenvalue weighted by molar-refractivity contribution is -0.143. The smallest absolute Gasteiger partial charge is 0.306 e. The molecule has 0 amide bonds. The van der Waals surface area contributed by atoms with E-state index < -0.39 is 29.8 Å². The van der Waals surface area contributed by atoms with Crippen molar-refractivity contribution in [2.75, 3.05) is 19.5 Å². The van der Waals surface area contributed by atoms with E-state index in [4.69, 9.17) is 8.92 Å². The molecule has 2 unspecified atom stereocenters. The Balaban J connectivity index is 0.000000198. The maximum absolute atomic E-state index is 12.8. The van der Waals surface area contributed by atoms with Crippen LogP contribution in [0.3, 0.4) is 0 Å². The highest BCUT2D eigenvalue weighted by Crippen LogP contribution is 2.37. The highest BCUT2D eigenvalue weighted by Gasteiger charge is 2.27. The van der Waals surface area contributed by atoms with E-state index in [2.05, 4.69) is 0 Å². The van der Waals surface area contributed by atoms with Crippen molar-refractivity contribution < 1.29 is 39.0 Å². The quantitative estimate of drug-likeness (QED) is 0.115. The van der Waals surface area contributed by atoms with Crippen molar-refractivity contribution in [1.29, 1.82) is 0 Å². The van der Waals surface area contributed by atoms with E-state index in [1.807, 2.05) is 12.1 Å². The Morgan fingerprint density at radius 2 is 1.12 bits per heavy atom. The lowest BCUT2D eigenvalue weighted by atomic mass is 9.81. The standard InChI is InChI=1S/C20H22O4S.C19H22O5S2/c1-2-24-20(21)14-16-8-6-7-15-13-18(11-12-19(15)16)25(22,23)17-9-4-3-5-10-17;1-25(20,21)24-13-12-15-6-5-7-16-14-18(10-11-19(15)16)26(22,23)17-8-3-2-4-9-17/h3-5,9-13,16H,2,6-8,14H2,1H3;2-4,8-11,14-15H,5-7,12-13H2,1H3. The van der Waals surface area contributed by atoms with E-state index in [1.165, 1.54) is 0 Å². The zero-order valence-electron chi connectivity index (χ0n) is 28.9. The predicted octanol–water partition coefficient (Wildman–Crippen LogP) is 7.20. The molecular formula is C39H44O9S3. The van der Waals surface area contributed by atoms with E-state index in [9.17, 15) is 30.0 Å². The molecule has 6 rings (SSSR count). The number of hydrogen-bond donors (Lipinski definition) is 0. The summed E-state index contributed by atoms with van der Waals surface area (Å²) in [5.41, 5.74) is 4.22. The van der Waals surface area contributed by atoms with Crippen LogP contribution in [0.2, 0.25) is 0 Å². The Morgan fingerprint density at radius 3 is 1.59 bits per heavy atom. The summed E-state index contributed by atoms with van der Waals surface area (Å²) in [6.45, 7) is 2.33. The van der Waals surface area contributed by atoms with Gasteiger partial charge < -0.3 is 4.74 Å². The van der Waals surface area contributed by atoms with Crippen LogP contribution in [0.1, 0.15) is 79.5 Å². The van der Waals surface area contributed by atoms with Crippen LogP contribution in [0.5, 0.6) is 0 Å². The molecule has 0 bridgehead atoms. The molecule has 12 heteroatoms. The summed E-state index contributed by atoms with van der Waals surface area (Å²) in [4.78, 5) is 13.0. The number of esters is 1. The Hall–Kier alpha value is -3.84. The average molecular weight is 753 g/mol. The van der Waals surface area contributed by atoms with Crippen LogP contribution in [0.15, 0.2) is 117 Å². The van der Waals surface area contributed by atoms with E-state index in [-0.39, 0.29) is 29.3 Å². The molecule has 272 valence electrons. The molecule has 0 heterocycles. The molecule has 2 aliphatic carbocycles. The third-order valence-electron chi connectivity index (χ3n) is 9.32. The minimum Gasteiger partial charge on any atom is -0.466 e. The van der Waals surface area contributed by atoms with E-state index in [0.29, 0.717) is 34.1 Å². The number of rotatable bonds is 11. The van der Waals surface area contributed by atoms with Crippen molar-refractivity contribution in [3.63, 3.8) is 0 Å². The van der Waals surface area contributed by atoms with Gasteiger partial charge in [0.05, 0.1) is 45.5 Å². The molecule has 0 aliphatic heterocycles. The third-order valence-corrected chi connectivity index (χ3v) is 13.4. The van der Waals surface area contributed by atoms with Gasteiger partial charge >= 0.3 is 5.97 Å². The molecule has 2 atom stereocenters. The molecule has 0 N–H and O–H groups in total. The lowest BCUT2D eigenvalue weighted by Gasteiger charge is -2.26. The molecule has 0 spiro atoms. The SMILES string of the molecule is CCOC(=O)CC1CCCc2cc(S(=O)(=O)c3ccccc3)ccc21.CS(=O)(=O)OCCC1CCCc2cc(S(=O)(=O)c3ccccc3)ccc21. The fourth-order valence-electron chi connectivity index (χ4n) is 6.86. The highest BCUT2D eigenvalue weighted by molar-refractivity contribution is 7.91. The molecule has 9 nitrogen and oxygen atoms in total. The molecule has 0 saturated carbocycles. The van der Waals surface area contributed by atoms with Crippen LogP contribution in [-0.4, -0.2) is 50.7 Å². The largest absolute Gasteiger partial charge is 0.466 e. The van der Waals surface area contributed by atoms with E-state index in [1.54, 1.807) is 91.9 Å². The Bertz CT molecular complexity index is 2150. The van der Waals surface area contributed by atoms with Gasteiger partial charge in [-0.05, 0) is 134 Å². The Kier molecular flexibility index (Phi) is 12.5. The number of benzene rings is 4. The minimum atomic E-state index is -3.53. The number of sulfone groups is 2. The van der Waals surface area contributed by atoms with Gasteiger partial charge in [-0.1, -0.05) is 48.5 Å². The maximum Gasteiger partial charge on any atom is 0.306 e. The first-order valence-electron chi connectivity index (χ1n) is 17.2. The second-order valence-corrected chi connectivity index (χ2v) is 18.4. The molecule has 4 aromatic carbocycles. The van der Waals surface area contributed by atoms with Crippen molar-refractivity contribution in [3.05, 3.63) is 119 Å². The van der Waals surface area contributed by atoms with Crippen molar-refractivity contribution in [1.82, 2.24) is 0 Å². The zero-order chi connectivity index (χ0) is 36.6. The number of carbonyl (C=O) groups excluding carboxylic acids is 1. The zero-order valence-corrected chi connectivity index (χ0v) is 31.3. The van der Waals surface area contributed by atoms with Gasteiger partial charge in [-0.2, -0.15) is 8.42 Å². The van der Waals surface area contributed by atoms with Crippen LogP contribution >= 0.6 is 0 Å². The monoisotopic (exact) mass is 752 g/mol. The molecule has 4 aromatic rings. The summed E-state index contributed by atoms with van der Waals surface area (Å²) >= 11 is 0. The summed E-state index contributed by atoms with van der Waals surface area (Å²) < 4.78 is 83.3. The van der Waals surface area contributed by atoms with Gasteiger partial charge in [0.2, 0.25) is 19.7 Å². The number of fused-ring (bicyclic) bond motifs is 2. The number of aryl methyl sites for hydroxylation is 2. The maximum atomic E-state index is 12.8. The van der Waals surface area contributed by atoms with Gasteiger partial charge in [-0.15, -0.1) is 0 Å². The Labute approximate surface area is 302 Å². The van der Waals surface area contributed by atoms with Gasteiger partial charge in [0, 0.05) is 0 Å². The fourth-order valence-corrected chi connectivity index (χ4v) is 9.93. The topological polar surface area (TPSA) is 138 Å². The van der Waals surface area contributed by atoms with Crippen molar-refractivity contribution in [3.8, 4) is 0 Å². The van der Waals surface area contributed by atoms with Gasteiger partial charge in [0.25, 0.3) is 10.1 Å². The highest BCUT2D eigenvalue weighted by atomic mass is 32.2. The summed E-state index contributed by atoms with van der Waals surface area (Å²) in [7, 11) is -10.5. The Morgan fingerprint density at radius 1 is 0.647 bits per heavy atom. The van der Waals surface area contributed by atoms with Crippen LogP contribution in [0, 0.1) is 0 Å². The minimum absolute atomic E-state index is 0.108. The molecule has 0 radical (unpaired) electrons. The van der Waals surface area contributed by atoms with Crippen LogP contribution in [0.25, 0.3) is 0 Å². The summed E-state index contributed by atoms with van der Waals surface area (Å²) in [5, 5.41) is 0. The van der Waals surface area contributed by atoms with Crippen LogP contribution in [0.4, 0.5) is 0 Å². The summed E-state index contributed by atoms with van der Waals surface area (Å²) in [6, 6.07) is 27.5. The fraction of sp³-hybridized carbons (Fsp3) is 0.359. The molecular weight excluding hydrogens is 709 g/mol. The molecule has 51 heavy (non-hydrogen) atoms. The molecule has 2 aliphatic rings. The molecule has 0 aromatic heterocycles. The normalized spacial score (nSPS) is 17.3. The number of ether oxygens (including phenoxy) is 1. The van der Waals surface area contributed by atoms with E-state index in [0.717, 1.165) is 67.0 Å². The first kappa shape index (κ1) is 38.4. The van der Waals surface area contributed by atoms with Crippen LogP contribution < -0.4 is 0 Å². The first-order chi connectivity index (χ1) is 24.3. The summed E-state index contributed by atoms with van der Waals surface area (Å²) in [6.07, 6.45) is 7.45. The summed E-state index contributed by atoms with van der Waals surface area (Å²) in [5.74, 6) is 0.103. The van der Waals surface area contributed by atoms with Crippen LogP contribution in [-0.2, 0) is 56.3 Å². The third kappa shape index (κ3) is 9.73. The average Bonchev–Trinajstić information content (AvgIpc) is 3.12. The second-order valence-electron chi connectivity index (χ2n) is 12.9. The molecule has 0 fully saturated rings. The number of carbonyl (C=O) groups is 1. The van der Waals surface area contributed by atoms with Gasteiger partial charge in [0.15, 0.2) is 0 Å². The van der Waals surface area contributed by atoms with Gasteiger partial charge in [-0.3, -0.25) is 8.98 Å². The predicted molar refractivity (Wildman–Crippen MR) is 195 cm³/mol. The van der Waals surface area contributed by atoms with E-state index >= 15 is 0 Å². The first-order valence-corrected chi connectivity index (χ1v) is 21.9. The van der Waals surface area contributed by atoms with Crippen molar-refractivity contribution in [2.45, 2.75) is 89.7 Å². The van der Waals surface area contributed by atoms with Gasteiger partial charge in [-0.25, -0.2) is 16.8 Å². The second kappa shape index (κ2) is 16.7. The van der Waals surface area contributed by atoms with Gasteiger partial charge in [0.1, 0.15) is 0 Å².